The van der Waals surface area contributed by atoms with Gasteiger partial charge in [0.15, 0.2) is 5.78 Å². The second kappa shape index (κ2) is 8.23. The maximum absolute atomic E-state index is 12.9. The van der Waals surface area contributed by atoms with Crippen molar-refractivity contribution in [3.63, 3.8) is 0 Å². The van der Waals surface area contributed by atoms with E-state index in [0.717, 1.165) is 58.7 Å². The quantitative estimate of drug-likeness (QED) is 0.766. The minimum atomic E-state index is 0.0292. The van der Waals surface area contributed by atoms with Gasteiger partial charge in [0.05, 0.1) is 23.0 Å². The lowest BCUT2D eigenvalue weighted by Crippen LogP contribution is -2.46. The third-order valence-electron chi connectivity index (χ3n) is 4.93. The predicted octanol–water partition coefficient (Wildman–Crippen LogP) is 2.67. The van der Waals surface area contributed by atoms with Crippen LogP contribution in [0.2, 0.25) is 0 Å². The molecule has 5 nitrogen and oxygen atoms in total. The van der Waals surface area contributed by atoms with Crippen molar-refractivity contribution in [3.8, 4) is 0 Å². The molecule has 0 aliphatic carbocycles. The molecule has 1 amide bonds. The van der Waals surface area contributed by atoms with E-state index < -0.39 is 0 Å². The number of morpholine rings is 1. The first-order valence-electron chi connectivity index (χ1n) is 8.87. The number of amides is 1. The molecule has 0 saturated carbocycles. The van der Waals surface area contributed by atoms with Gasteiger partial charge in [-0.15, -0.1) is 11.3 Å². The third kappa shape index (κ3) is 4.23. The third-order valence-corrected chi connectivity index (χ3v) is 6.11. The van der Waals surface area contributed by atoms with Crippen molar-refractivity contribution in [2.75, 3.05) is 39.4 Å². The minimum absolute atomic E-state index is 0.0292. The number of carbonyl (C=O) groups excluding carboxylic acids is 2. The van der Waals surface area contributed by atoms with Gasteiger partial charge in [-0.25, -0.2) is 0 Å². The average Bonchev–Trinajstić information content (AvgIpc) is 3.11. The van der Waals surface area contributed by atoms with Crippen molar-refractivity contribution in [1.29, 1.82) is 0 Å². The molecule has 0 N–H and O–H groups in total. The van der Waals surface area contributed by atoms with Gasteiger partial charge in [0.1, 0.15) is 0 Å². The summed E-state index contributed by atoms with van der Waals surface area (Å²) in [5.41, 5.74) is 0. The van der Waals surface area contributed by atoms with Crippen molar-refractivity contribution in [2.24, 2.45) is 0 Å². The summed E-state index contributed by atoms with van der Waals surface area (Å²) in [5, 5.41) is 0. The van der Waals surface area contributed by atoms with Crippen molar-refractivity contribution < 1.29 is 14.3 Å². The second-order valence-electron chi connectivity index (χ2n) is 6.61. The van der Waals surface area contributed by atoms with Crippen LogP contribution in [-0.2, 0) is 4.74 Å². The summed E-state index contributed by atoms with van der Waals surface area (Å²) in [6, 6.07) is 3.89. The van der Waals surface area contributed by atoms with Gasteiger partial charge in [-0.2, -0.15) is 0 Å². The monoisotopic (exact) mass is 350 g/mol. The molecule has 0 spiro atoms. The van der Waals surface area contributed by atoms with E-state index in [2.05, 4.69) is 4.90 Å². The first-order valence-corrected chi connectivity index (χ1v) is 9.68. The number of hydrogen-bond donors (Lipinski definition) is 0. The second-order valence-corrected chi connectivity index (χ2v) is 7.69. The minimum Gasteiger partial charge on any atom is -0.379 e. The van der Waals surface area contributed by atoms with E-state index in [1.54, 1.807) is 19.1 Å². The normalized spacial score (nSPS) is 22.5. The van der Waals surface area contributed by atoms with Crippen LogP contribution in [0.1, 0.15) is 52.0 Å². The van der Waals surface area contributed by atoms with E-state index in [9.17, 15) is 9.59 Å². The fraction of sp³-hybridized carbons (Fsp3) is 0.667. The van der Waals surface area contributed by atoms with Gasteiger partial charge in [-0.1, -0.05) is 0 Å². The van der Waals surface area contributed by atoms with Gasteiger partial charge >= 0.3 is 0 Å². The summed E-state index contributed by atoms with van der Waals surface area (Å²) in [5.74, 6) is 0.126. The van der Waals surface area contributed by atoms with E-state index in [-0.39, 0.29) is 11.7 Å². The maximum atomic E-state index is 12.9. The lowest BCUT2D eigenvalue weighted by molar-refractivity contribution is 0.0296. The lowest BCUT2D eigenvalue weighted by Gasteiger charge is -2.37. The Balaban J connectivity index is 1.62. The van der Waals surface area contributed by atoms with Crippen LogP contribution in [0.4, 0.5) is 0 Å². The first-order chi connectivity index (χ1) is 11.6. The molecule has 3 heterocycles. The first kappa shape index (κ1) is 17.6. The Labute approximate surface area is 147 Å². The molecular formula is C18H26N2O3S. The summed E-state index contributed by atoms with van der Waals surface area (Å²) in [7, 11) is 0. The highest BCUT2D eigenvalue weighted by molar-refractivity contribution is 7.15. The topological polar surface area (TPSA) is 49.9 Å². The predicted molar refractivity (Wildman–Crippen MR) is 94.9 cm³/mol. The van der Waals surface area contributed by atoms with Crippen LogP contribution in [0.25, 0.3) is 0 Å². The Morgan fingerprint density at radius 2 is 1.92 bits per heavy atom. The zero-order valence-corrected chi connectivity index (χ0v) is 15.1. The number of thiophene rings is 1. The molecular weight excluding hydrogens is 324 g/mol. The number of ether oxygens (including phenoxy) is 1. The highest BCUT2D eigenvalue weighted by Gasteiger charge is 2.29. The van der Waals surface area contributed by atoms with E-state index in [0.29, 0.717) is 15.8 Å². The van der Waals surface area contributed by atoms with Crippen molar-refractivity contribution >= 4 is 23.0 Å². The largest absolute Gasteiger partial charge is 0.379 e. The van der Waals surface area contributed by atoms with Crippen LogP contribution in [0, 0.1) is 0 Å². The zero-order valence-electron chi connectivity index (χ0n) is 14.3. The Hall–Kier alpha value is -1.24. The van der Waals surface area contributed by atoms with E-state index >= 15 is 0 Å². The highest BCUT2D eigenvalue weighted by atomic mass is 32.1. The number of carbonyl (C=O) groups is 2. The summed E-state index contributed by atoms with van der Waals surface area (Å²) in [6.07, 6.45) is 4.38. The van der Waals surface area contributed by atoms with Gasteiger partial charge in [-0.05, 0) is 44.7 Å². The van der Waals surface area contributed by atoms with Crippen molar-refractivity contribution in [1.82, 2.24) is 9.80 Å². The number of ketones is 1. The van der Waals surface area contributed by atoms with Crippen LogP contribution < -0.4 is 0 Å². The molecule has 24 heavy (non-hydrogen) atoms. The molecule has 1 aromatic heterocycles. The summed E-state index contributed by atoms with van der Waals surface area (Å²) in [6.45, 7) is 7.03. The number of hydrogen-bond acceptors (Lipinski definition) is 5. The standard InChI is InChI=1S/C18H26N2O3S/c1-14(21)16-5-6-17(24-16)18(22)20-8-3-2-4-15(20)7-9-19-10-12-23-13-11-19/h5-6,15H,2-4,7-13H2,1H3/t15-/m0/s1. The number of rotatable bonds is 5. The van der Waals surface area contributed by atoms with Crippen LogP contribution in [0.15, 0.2) is 12.1 Å². The molecule has 2 fully saturated rings. The molecule has 132 valence electrons. The van der Waals surface area contributed by atoms with Crippen LogP contribution >= 0.6 is 11.3 Å². The molecule has 1 atom stereocenters. The van der Waals surface area contributed by atoms with Gasteiger partial charge in [-0.3, -0.25) is 14.5 Å². The average molecular weight is 350 g/mol. The molecule has 2 saturated heterocycles. The Morgan fingerprint density at radius 1 is 1.17 bits per heavy atom. The van der Waals surface area contributed by atoms with Crippen LogP contribution in [0.5, 0.6) is 0 Å². The fourth-order valence-corrected chi connectivity index (χ4v) is 4.37. The smallest absolute Gasteiger partial charge is 0.264 e. The lowest BCUT2D eigenvalue weighted by atomic mass is 9.98. The van der Waals surface area contributed by atoms with Gasteiger partial charge in [0, 0.05) is 32.2 Å². The summed E-state index contributed by atoms with van der Waals surface area (Å²) >= 11 is 1.32. The fourth-order valence-electron chi connectivity index (χ4n) is 3.51. The highest BCUT2D eigenvalue weighted by Crippen LogP contribution is 2.25. The maximum Gasteiger partial charge on any atom is 0.264 e. The SMILES string of the molecule is CC(=O)c1ccc(C(=O)N2CCCC[C@H]2CCN2CCOCC2)s1. The van der Waals surface area contributed by atoms with E-state index in [1.165, 1.54) is 17.8 Å². The van der Waals surface area contributed by atoms with E-state index in [1.807, 2.05) is 4.90 Å². The van der Waals surface area contributed by atoms with Gasteiger partial charge in [0.25, 0.3) is 5.91 Å². The zero-order chi connectivity index (χ0) is 16.9. The van der Waals surface area contributed by atoms with Crippen LogP contribution in [-0.4, -0.2) is 66.9 Å². The Morgan fingerprint density at radius 3 is 2.62 bits per heavy atom. The number of Topliss-reactive ketones (excluding diaryl/α,β-unsaturated/α-hetero) is 1. The van der Waals surface area contributed by atoms with Crippen molar-refractivity contribution in [3.05, 3.63) is 21.9 Å². The van der Waals surface area contributed by atoms with Gasteiger partial charge in [0.2, 0.25) is 0 Å². The van der Waals surface area contributed by atoms with E-state index in [4.69, 9.17) is 4.74 Å². The van der Waals surface area contributed by atoms with Gasteiger partial charge < -0.3 is 9.64 Å². The summed E-state index contributed by atoms with van der Waals surface area (Å²) < 4.78 is 5.40. The molecule has 6 heteroatoms. The molecule has 2 aliphatic rings. The molecule has 0 unspecified atom stereocenters. The number of likely N-dealkylation sites (tertiary alicyclic amines) is 1. The number of piperidine rings is 1. The molecule has 3 rings (SSSR count). The molecule has 2 aliphatic heterocycles. The Bertz CT molecular complexity index is 581. The summed E-state index contributed by atoms with van der Waals surface area (Å²) in [4.78, 5) is 30.2. The molecule has 0 aromatic carbocycles. The molecule has 0 bridgehead atoms. The molecule has 1 aromatic rings. The molecule has 0 radical (unpaired) electrons. The van der Waals surface area contributed by atoms with Crippen molar-refractivity contribution in [2.45, 2.75) is 38.6 Å². The number of nitrogens with zero attached hydrogens (tertiary/aromatic N) is 2. The van der Waals surface area contributed by atoms with Crippen LogP contribution in [0.3, 0.4) is 0 Å². The Kier molecular flexibility index (Phi) is 6.03.